The number of hydrogen-bond acceptors (Lipinski definition) is 3. The summed E-state index contributed by atoms with van der Waals surface area (Å²) in [5, 5.41) is 4.26. The normalized spacial score (nSPS) is 17.5. The van der Waals surface area contributed by atoms with E-state index in [-0.39, 0.29) is 12.1 Å². The Balaban J connectivity index is 1.68. The van der Waals surface area contributed by atoms with Gasteiger partial charge in [-0.15, -0.1) is 0 Å². The SMILES string of the molecule is COc1cccc(-n2c(C)cc([C@H]3[C@@H](c4ccccn4)NC(=S)N3c3ccc(Br)c(C)c3)c2C)c1. The number of thiocarbonyl (C=S) groups is 1. The zero-order chi connectivity index (χ0) is 24.7. The van der Waals surface area contributed by atoms with Gasteiger partial charge in [0.25, 0.3) is 0 Å². The van der Waals surface area contributed by atoms with Crippen molar-refractivity contribution >= 4 is 38.9 Å². The monoisotopic (exact) mass is 546 g/mol. The molecule has 0 unspecified atom stereocenters. The molecular formula is C28H27BrN4OS. The minimum atomic E-state index is -0.0908. The molecule has 1 fully saturated rings. The van der Waals surface area contributed by atoms with Gasteiger partial charge in [-0.25, -0.2) is 0 Å². The van der Waals surface area contributed by atoms with Crippen LogP contribution in [0.5, 0.6) is 5.75 Å². The van der Waals surface area contributed by atoms with Gasteiger partial charge >= 0.3 is 0 Å². The van der Waals surface area contributed by atoms with E-state index in [0.29, 0.717) is 5.11 Å². The summed E-state index contributed by atoms with van der Waals surface area (Å²) in [6.45, 7) is 6.41. The number of nitrogens with zero attached hydrogens (tertiary/aromatic N) is 3. The number of ether oxygens (including phenoxy) is 1. The topological polar surface area (TPSA) is 42.3 Å². The summed E-state index contributed by atoms with van der Waals surface area (Å²) in [5.41, 5.74) is 7.75. The van der Waals surface area contributed by atoms with E-state index in [0.717, 1.165) is 44.2 Å². The second-order valence-electron chi connectivity index (χ2n) is 8.79. The van der Waals surface area contributed by atoms with Gasteiger partial charge in [0.15, 0.2) is 5.11 Å². The molecule has 0 radical (unpaired) electrons. The molecule has 0 amide bonds. The molecule has 0 aliphatic carbocycles. The van der Waals surface area contributed by atoms with Crippen molar-refractivity contribution in [3.05, 3.63) is 106 Å². The molecule has 1 aliphatic heterocycles. The lowest BCUT2D eigenvalue weighted by Crippen LogP contribution is -2.29. The van der Waals surface area contributed by atoms with E-state index in [4.69, 9.17) is 21.9 Å². The highest BCUT2D eigenvalue weighted by molar-refractivity contribution is 9.10. The lowest BCUT2D eigenvalue weighted by molar-refractivity contribution is 0.414. The number of hydrogen-bond donors (Lipinski definition) is 1. The van der Waals surface area contributed by atoms with E-state index < -0.39 is 0 Å². The van der Waals surface area contributed by atoms with Crippen molar-refractivity contribution in [2.24, 2.45) is 0 Å². The number of halogens is 1. The fraction of sp³-hybridized carbons (Fsp3) is 0.214. The fourth-order valence-corrected chi connectivity index (χ4v) is 5.55. The molecule has 35 heavy (non-hydrogen) atoms. The molecule has 0 spiro atoms. The summed E-state index contributed by atoms with van der Waals surface area (Å²) in [6.07, 6.45) is 1.84. The highest BCUT2D eigenvalue weighted by Crippen LogP contribution is 2.44. The van der Waals surface area contributed by atoms with Crippen molar-refractivity contribution in [2.45, 2.75) is 32.9 Å². The van der Waals surface area contributed by atoms with Crippen LogP contribution in [-0.2, 0) is 0 Å². The zero-order valence-electron chi connectivity index (χ0n) is 20.1. The number of methoxy groups -OCH3 is 1. The van der Waals surface area contributed by atoms with Gasteiger partial charge in [-0.1, -0.05) is 28.1 Å². The molecule has 0 bridgehead atoms. The van der Waals surface area contributed by atoms with Gasteiger partial charge in [0.05, 0.1) is 24.9 Å². The lowest BCUT2D eigenvalue weighted by atomic mass is 9.96. The number of anilines is 1. The van der Waals surface area contributed by atoms with Crippen LogP contribution in [0.1, 0.15) is 40.3 Å². The molecule has 1 saturated heterocycles. The molecule has 5 rings (SSSR count). The molecule has 0 saturated carbocycles. The minimum absolute atomic E-state index is 0.0662. The molecule has 1 aliphatic rings. The van der Waals surface area contributed by atoms with Crippen molar-refractivity contribution in [1.82, 2.24) is 14.9 Å². The second kappa shape index (κ2) is 9.47. The Bertz CT molecular complexity index is 1400. The van der Waals surface area contributed by atoms with Crippen LogP contribution in [0.15, 0.2) is 77.4 Å². The van der Waals surface area contributed by atoms with Gasteiger partial charge in [-0.3, -0.25) is 4.98 Å². The standard InChI is InChI=1S/C28H27BrN4OS/c1-17-14-21(11-12-24(17)29)33-27(26(31-28(33)35)25-10-5-6-13-30-25)23-15-18(2)32(19(23)3)20-8-7-9-22(16-20)34-4/h5-16,26-27H,1-4H3,(H,31,35)/t26-,27+/m1/s1. The predicted octanol–water partition coefficient (Wildman–Crippen LogP) is 6.75. The Labute approximate surface area is 219 Å². The summed E-state index contributed by atoms with van der Waals surface area (Å²) < 4.78 is 8.84. The van der Waals surface area contributed by atoms with Gasteiger partial charge in [0.1, 0.15) is 5.75 Å². The summed E-state index contributed by atoms with van der Waals surface area (Å²) in [5.74, 6) is 0.832. The quantitative estimate of drug-likeness (QED) is 0.280. The molecule has 178 valence electrons. The van der Waals surface area contributed by atoms with Crippen molar-refractivity contribution in [2.75, 3.05) is 12.0 Å². The first-order chi connectivity index (χ1) is 16.9. The van der Waals surface area contributed by atoms with E-state index in [1.165, 1.54) is 5.56 Å². The van der Waals surface area contributed by atoms with Crippen LogP contribution in [0, 0.1) is 20.8 Å². The van der Waals surface area contributed by atoms with E-state index in [1.54, 1.807) is 7.11 Å². The van der Waals surface area contributed by atoms with Crippen LogP contribution >= 0.6 is 28.1 Å². The van der Waals surface area contributed by atoms with Gasteiger partial charge < -0.3 is 19.5 Å². The summed E-state index contributed by atoms with van der Waals surface area (Å²) in [6, 6.07) is 22.7. The van der Waals surface area contributed by atoms with Gasteiger partial charge in [0, 0.05) is 39.5 Å². The number of nitrogens with one attached hydrogen (secondary N) is 1. The van der Waals surface area contributed by atoms with Gasteiger partial charge in [-0.2, -0.15) is 0 Å². The Kier molecular flexibility index (Phi) is 6.38. The van der Waals surface area contributed by atoms with Crippen molar-refractivity contribution in [1.29, 1.82) is 0 Å². The Morgan fingerprint density at radius 1 is 0.971 bits per heavy atom. The maximum atomic E-state index is 5.91. The molecule has 4 aromatic rings. The van der Waals surface area contributed by atoms with Gasteiger partial charge in [0.2, 0.25) is 0 Å². The first kappa shape index (κ1) is 23.6. The minimum Gasteiger partial charge on any atom is -0.497 e. The number of aromatic nitrogens is 2. The third kappa shape index (κ3) is 4.23. The average Bonchev–Trinajstić information content (AvgIpc) is 3.36. The van der Waals surface area contributed by atoms with Crippen molar-refractivity contribution in [3.63, 3.8) is 0 Å². The second-order valence-corrected chi connectivity index (χ2v) is 10.0. The summed E-state index contributed by atoms with van der Waals surface area (Å²) in [7, 11) is 1.70. The summed E-state index contributed by atoms with van der Waals surface area (Å²) >= 11 is 9.55. The molecule has 7 heteroatoms. The smallest absolute Gasteiger partial charge is 0.174 e. The van der Waals surface area contributed by atoms with Crippen LogP contribution in [-0.4, -0.2) is 21.8 Å². The first-order valence-electron chi connectivity index (χ1n) is 11.5. The fourth-order valence-electron chi connectivity index (χ4n) is 4.96. The zero-order valence-corrected chi connectivity index (χ0v) is 22.5. The molecule has 2 aromatic carbocycles. The molecule has 2 aromatic heterocycles. The molecule has 2 atom stereocenters. The highest BCUT2D eigenvalue weighted by atomic mass is 79.9. The highest BCUT2D eigenvalue weighted by Gasteiger charge is 2.42. The van der Waals surface area contributed by atoms with Crippen molar-refractivity contribution in [3.8, 4) is 11.4 Å². The van der Waals surface area contributed by atoms with E-state index in [9.17, 15) is 0 Å². The van der Waals surface area contributed by atoms with Crippen LogP contribution in [0.3, 0.4) is 0 Å². The maximum Gasteiger partial charge on any atom is 0.174 e. The van der Waals surface area contributed by atoms with Crippen molar-refractivity contribution < 1.29 is 4.74 Å². The number of rotatable bonds is 5. The molecule has 1 N–H and O–H groups in total. The molecular weight excluding hydrogens is 520 g/mol. The predicted molar refractivity (Wildman–Crippen MR) is 149 cm³/mol. The Morgan fingerprint density at radius 2 is 1.80 bits per heavy atom. The Hall–Kier alpha value is -3.16. The van der Waals surface area contributed by atoms with Crippen LogP contribution in [0.4, 0.5) is 5.69 Å². The third-order valence-electron chi connectivity index (χ3n) is 6.62. The van der Waals surface area contributed by atoms with Crippen LogP contribution in [0.25, 0.3) is 5.69 Å². The van der Waals surface area contributed by atoms with E-state index in [1.807, 2.05) is 30.5 Å². The maximum absolute atomic E-state index is 5.91. The van der Waals surface area contributed by atoms with E-state index in [2.05, 4.69) is 93.9 Å². The largest absolute Gasteiger partial charge is 0.497 e. The number of pyridine rings is 1. The van der Waals surface area contributed by atoms with Crippen LogP contribution in [0.2, 0.25) is 0 Å². The number of aryl methyl sites for hydroxylation is 2. The first-order valence-corrected chi connectivity index (χ1v) is 12.7. The molecule has 5 nitrogen and oxygen atoms in total. The van der Waals surface area contributed by atoms with Crippen LogP contribution < -0.4 is 15.0 Å². The third-order valence-corrected chi connectivity index (χ3v) is 7.82. The average molecular weight is 548 g/mol. The van der Waals surface area contributed by atoms with Gasteiger partial charge in [-0.05, 0) is 92.6 Å². The lowest BCUT2D eigenvalue weighted by Gasteiger charge is -2.28. The summed E-state index contributed by atoms with van der Waals surface area (Å²) in [4.78, 5) is 6.92. The van der Waals surface area contributed by atoms with E-state index >= 15 is 0 Å². The molecule has 3 heterocycles. The Morgan fingerprint density at radius 3 is 2.51 bits per heavy atom. The number of benzene rings is 2.